The number of benzene rings is 2. The van der Waals surface area contributed by atoms with Crippen LogP contribution < -0.4 is 26.8 Å². The Bertz CT molecular complexity index is 1120. The van der Waals surface area contributed by atoms with Crippen molar-refractivity contribution < 1.29 is 39.2 Å². The van der Waals surface area contributed by atoms with Crippen molar-refractivity contribution in [3.8, 4) is 17.2 Å². The van der Waals surface area contributed by atoms with Crippen molar-refractivity contribution in [2.24, 2.45) is 11.5 Å². The maximum absolute atomic E-state index is 12.8. The summed E-state index contributed by atoms with van der Waals surface area (Å²) in [6.45, 7) is 0. The molecule has 0 aliphatic carbocycles. The minimum absolute atomic E-state index is 0.0543. The molecule has 9 N–H and O–H groups in total. The predicted octanol–water partition coefficient (Wildman–Crippen LogP) is -1.49. The molecule has 1 unspecified atom stereocenters. The minimum atomic E-state index is -2.14. The van der Waals surface area contributed by atoms with Gasteiger partial charge in [-0.05, 0) is 41.8 Å². The zero-order valence-corrected chi connectivity index (χ0v) is 17.8. The van der Waals surface area contributed by atoms with Gasteiger partial charge < -0.3 is 42.2 Å². The number of fused-ring (bicyclic) bond motifs is 4. The highest BCUT2D eigenvalue weighted by atomic mass is 16.5. The fraction of sp³-hybridized carbons (Fsp3) is 0.273. The number of carbonyl (C=O) groups is 4. The summed E-state index contributed by atoms with van der Waals surface area (Å²) in [5.74, 6) is -4.54. The molecule has 3 rings (SSSR count). The first-order valence-corrected chi connectivity index (χ1v) is 10.2. The summed E-state index contributed by atoms with van der Waals surface area (Å²) in [6, 6.07) is 6.08. The molecule has 1 aliphatic heterocycles. The van der Waals surface area contributed by atoms with E-state index in [1.54, 1.807) is 18.2 Å². The summed E-state index contributed by atoms with van der Waals surface area (Å²) in [4.78, 5) is 48.7. The lowest BCUT2D eigenvalue weighted by Gasteiger charge is -2.25. The summed E-state index contributed by atoms with van der Waals surface area (Å²) >= 11 is 0. The third kappa shape index (κ3) is 5.79. The van der Waals surface area contributed by atoms with Crippen LogP contribution in [0, 0.1) is 0 Å². The number of amides is 3. The van der Waals surface area contributed by atoms with Gasteiger partial charge in [-0.2, -0.15) is 0 Å². The molecule has 4 atom stereocenters. The number of hydrogen-bond donors (Lipinski definition) is 7. The fourth-order valence-corrected chi connectivity index (χ4v) is 3.39. The van der Waals surface area contributed by atoms with E-state index < -0.39 is 47.9 Å². The van der Waals surface area contributed by atoms with E-state index in [9.17, 15) is 34.5 Å². The Morgan fingerprint density at radius 1 is 1.03 bits per heavy atom. The number of phenols is 1. The number of aliphatic carboxylic acids is 1. The number of ether oxygens (including phenoxy) is 1. The number of carbonyl (C=O) groups excluding carboxylic acids is 3. The first-order chi connectivity index (χ1) is 16.0. The molecule has 0 saturated heterocycles. The van der Waals surface area contributed by atoms with Gasteiger partial charge in [0.15, 0.2) is 17.6 Å². The Morgan fingerprint density at radius 2 is 1.74 bits per heavy atom. The number of nitrogens with one attached hydrogen (secondary N) is 2. The van der Waals surface area contributed by atoms with Crippen LogP contribution in [0.3, 0.4) is 0 Å². The van der Waals surface area contributed by atoms with Crippen LogP contribution in [-0.2, 0) is 32.0 Å². The van der Waals surface area contributed by atoms with Gasteiger partial charge >= 0.3 is 5.97 Å². The zero-order chi connectivity index (χ0) is 25.0. The van der Waals surface area contributed by atoms with Crippen LogP contribution in [0.4, 0.5) is 0 Å². The van der Waals surface area contributed by atoms with Gasteiger partial charge in [-0.3, -0.25) is 14.4 Å². The fourth-order valence-electron chi connectivity index (χ4n) is 3.39. The number of phenolic OH excluding ortho intramolecular Hbond substituents is 1. The monoisotopic (exact) mass is 472 g/mol. The van der Waals surface area contributed by atoms with Crippen LogP contribution in [-0.4, -0.2) is 63.2 Å². The number of aliphatic hydroxyl groups is 1. The molecule has 2 aromatic carbocycles. The number of primary amides is 1. The van der Waals surface area contributed by atoms with E-state index in [0.29, 0.717) is 11.1 Å². The molecule has 1 heterocycles. The lowest BCUT2D eigenvalue weighted by Crippen LogP contribution is -2.61. The van der Waals surface area contributed by atoms with Crippen molar-refractivity contribution in [2.45, 2.75) is 37.1 Å². The largest absolute Gasteiger partial charge is 0.504 e. The first kappa shape index (κ1) is 24.5. The summed E-state index contributed by atoms with van der Waals surface area (Å²) < 4.78 is 5.73. The maximum Gasteiger partial charge on any atom is 0.326 e. The van der Waals surface area contributed by atoms with Gasteiger partial charge in [0.05, 0.1) is 6.04 Å². The first-order valence-electron chi connectivity index (χ1n) is 10.2. The molecule has 12 nitrogen and oxygen atoms in total. The number of aliphatic hydroxyl groups excluding tert-OH is 1. The van der Waals surface area contributed by atoms with Crippen LogP contribution in [0.2, 0.25) is 0 Å². The van der Waals surface area contributed by atoms with E-state index in [1.165, 1.54) is 24.3 Å². The molecule has 180 valence electrons. The second-order valence-electron chi connectivity index (χ2n) is 7.80. The van der Waals surface area contributed by atoms with Crippen molar-refractivity contribution in [3.63, 3.8) is 0 Å². The summed E-state index contributed by atoms with van der Waals surface area (Å²) in [6.07, 6.45) is -2.39. The van der Waals surface area contributed by atoms with E-state index in [4.69, 9.17) is 16.2 Å². The van der Waals surface area contributed by atoms with Crippen LogP contribution in [0.25, 0.3) is 0 Å². The highest BCUT2D eigenvalue weighted by molar-refractivity contribution is 5.96. The number of carboxylic acids is 1. The van der Waals surface area contributed by atoms with Crippen molar-refractivity contribution >= 4 is 23.7 Å². The van der Waals surface area contributed by atoms with Gasteiger partial charge in [0, 0.05) is 6.42 Å². The Morgan fingerprint density at radius 3 is 2.41 bits per heavy atom. The topological polar surface area (TPSA) is 214 Å². The van der Waals surface area contributed by atoms with Gasteiger partial charge in [-0.25, -0.2) is 4.79 Å². The average Bonchev–Trinajstić information content (AvgIpc) is 2.78. The Labute approximate surface area is 193 Å². The molecule has 34 heavy (non-hydrogen) atoms. The molecule has 0 radical (unpaired) electrons. The maximum atomic E-state index is 12.8. The van der Waals surface area contributed by atoms with Gasteiger partial charge in [-0.1, -0.05) is 18.2 Å². The van der Waals surface area contributed by atoms with Crippen molar-refractivity contribution in [2.75, 3.05) is 0 Å². The Kier molecular flexibility index (Phi) is 7.34. The summed E-state index contributed by atoms with van der Waals surface area (Å²) in [5.41, 5.74) is 12.0. The molecule has 0 saturated carbocycles. The van der Waals surface area contributed by atoms with E-state index in [0.717, 1.165) is 0 Å². The summed E-state index contributed by atoms with van der Waals surface area (Å²) in [7, 11) is 0. The second-order valence-corrected chi connectivity index (χ2v) is 7.80. The molecule has 4 bridgehead atoms. The quantitative estimate of drug-likeness (QED) is 0.277. The Balaban J connectivity index is 2.05. The van der Waals surface area contributed by atoms with E-state index in [-0.39, 0.29) is 30.1 Å². The number of hydrogen-bond acceptors (Lipinski definition) is 8. The standard InChI is InChI=1S/C22H24N4O8/c23-13-7-11-4-5-15(27)16(9-11)34-12-3-1-2-10(6-12)8-14(22(32)33)25-21(31)17(26-20(13)30)18(28)19(24)29/h1-6,9,13-14,17-18,27-28H,7-8,23H2,(H2,24,29)(H,25,31)(H,26,30)(H,32,33)/t13-,14-,17-,18?/m0/s1. The molecule has 0 spiro atoms. The Hall–Kier alpha value is -4.16. The molecular formula is C22H24N4O8. The van der Waals surface area contributed by atoms with Gasteiger partial charge in [0.25, 0.3) is 0 Å². The van der Waals surface area contributed by atoms with Gasteiger partial charge in [0.1, 0.15) is 17.8 Å². The molecule has 3 amide bonds. The number of rotatable bonds is 3. The second kappa shape index (κ2) is 10.2. The zero-order valence-electron chi connectivity index (χ0n) is 17.8. The van der Waals surface area contributed by atoms with Gasteiger partial charge in [-0.15, -0.1) is 0 Å². The summed E-state index contributed by atoms with van der Waals surface area (Å²) in [5, 5.41) is 34.2. The molecule has 1 aliphatic rings. The molecule has 12 heteroatoms. The van der Waals surface area contributed by atoms with Crippen molar-refractivity contribution in [1.82, 2.24) is 10.6 Å². The van der Waals surface area contributed by atoms with Crippen molar-refractivity contribution in [3.05, 3.63) is 53.6 Å². The molecular weight excluding hydrogens is 448 g/mol. The lowest BCUT2D eigenvalue weighted by atomic mass is 10.0. The number of carboxylic acid groups (broad SMARTS) is 1. The highest BCUT2D eigenvalue weighted by Gasteiger charge is 2.35. The lowest BCUT2D eigenvalue weighted by molar-refractivity contribution is -0.144. The van der Waals surface area contributed by atoms with Gasteiger partial charge in [0.2, 0.25) is 17.7 Å². The molecule has 0 aromatic heterocycles. The van der Waals surface area contributed by atoms with Crippen molar-refractivity contribution in [1.29, 1.82) is 0 Å². The average molecular weight is 472 g/mol. The number of aromatic hydroxyl groups is 1. The predicted molar refractivity (Wildman–Crippen MR) is 117 cm³/mol. The van der Waals surface area contributed by atoms with Crippen LogP contribution in [0.15, 0.2) is 42.5 Å². The molecule has 0 fully saturated rings. The van der Waals surface area contributed by atoms with Crippen LogP contribution in [0.1, 0.15) is 11.1 Å². The minimum Gasteiger partial charge on any atom is -0.504 e. The third-order valence-corrected chi connectivity index (χ3v) is 5.18. The molecule has 2 aromatic rings. The third-order valence-electron chi connectivity index (χ3n) is 5.18. The van der Waals surface area contributed by atoms with Crippen LogP contribution in [0.5, 0.6) is 17.2 Å². The number of nitrogens with two attached hydrogens (primary N) is 2. The highest BCUT2D eigenvalue weighted by Crippen LogP contribution is 2.32. The SMILES string of the molecule is NC(=O)C(O)[C@@H]1NC(=O)[C@@H](N)Cc2ccc(O)c(c2)Oc2cccc(c2)C[C@@H](C(=O)O)NC1=O. The van der Waals surface area contributed by atoms with Crippen LogP contribution >= 0.6 is 0 Å². The van der Waals surface area contributed by atoms with E-state index in [2.05, 4.69) is 10.6 Å². The smallest absolute Gasteiger partial charge is 0.326 e. The normalized spacial score (nSPS) is 22.0. The van der Waals surface area contributed by atoms with E-state index in [1.807, 2.05) is 0 Å². The van der Waals surface area contributed by atoms with E-state index >= 15 is 0 Å².